The van der Waals surface area contributed by atoms with Crippen molar-refractivity contribution in [2.45, 2.75) is 39.7 Å². The summed E-state index contributed by atoms with van der Waals surface area (Å²) in [6.45, 7) is 10.2. The first-order valence-electron chi connectivity index (χ1n) is 8.80. The van der Waals surface area contributed by atoms with Gasteiger partial charge in [-0.05, 0) is 50.3 Å². The van der Waals surface area contributed by atoms with Gasteiger partial charge in [-0.25, -0.2) is 0 Å². The zero-order valence-corrected chi connectivity index (χ0v) is 14.9. The fraction of sp³-hybridized carbons (Fsp3) is 0.667. The van der Waals surface area contributed by atoms with Crippen LogP contribution in [0.15, 0.2) is 22.8 Å². The molecule has 0 bridgehead atoms. The van der Waals surface area contributed by atoms with E-state index < -0.39 is 6.04 Å². The molecule has 0 unspecified atom stereocenters. The zero-order valence-electron chi connectivity index (χ0n) is 14.9. The molecule has 134 valence electrons. The van der Waals surface area contributed by atoms with Crippen molar-refractivity contribution in [1.82, 2.24) is 15.5 Å². The molecule has 1 aromatic heterocycles. The minimum Gasteiger partial charge on any atom is -0.459 e. The first-order chi connectivity index (χ1) is 11.5. The standard InChI is InChI=1S/C18H29N3O3/c1-13-10-14(2)12-21(11-13)8-5-7-19-17(22)15(3)20-18(23)16-6-4-9-24-16/h4,6,9,13-15H,5,7-8,10-12H2,1-3H3,(H,19,22)(H,20,23)/t13-,14+,15-/m1/s1. The molecule has 0 radical (unpaired) electrons. The monoisotopic (exact) mass is 335 g/mol. The van der Waals surface area contributed by atoms with E-state index in [1.54, 1.807) is 19.1 Å². The van der Waals surface area contributed by atoms with Crippen molar-refractivity contribution >= 4 is 11.8 Å². The van der Waals surface area contributed by atoms with E-state index in [9.17, 15) is 9.59 Å². The molecule has 1 saturated heterocycles. The van der Waals surface area contributed by atoms with Crippen LogP contribution in [0.3, 0.4) is 0 Å². The molecule has 0 aromatic carbocycles. The third kappa shape index (κ3) is 5.67. The lowest BCUT2D eigenvalue weighted by Crippen LogP contribution is -2.45. The van der Waals surface area contributed by atoms with E-state index >= 15 is 0 Å². The van der Waals surface area contributed by atoms with Gasteiger partial charge in [-0.15, -0.1) is 0 Å². The maximum absolute atomic E-state index is 12.0. The van der Waals surface area contributed by atoms with Crippen LogP contribution in [0.2, 0.25) is 0 Å². The highest BCUT2D eigenvalue weighted by Crippen LogP contribution is 2.20. The second-order valence-electron chi connectivity index (χ2n) is 7.02. The van der Waals surface area contributed by atoms with E-state index in [0.717, 1.165) is 37.9 Å². The van der Waals surface area contributed by atoms with Crippen LogP contribution >= 0.6 is 0 Å². The number of furan rings is 1. The number of hydrogen-bond acceptors (Lipinski definition) is 4. The van der Waals surface area contributed by atoms with E-state index in [2.05, 4.69) is 29.4 Å². The largest absolute Gasteiger partial charge is 0.459 e. The van der Waals surface area contributed by atoms with Gasteiger partial charge >= 0.3 is 0 Å². The SMILES string of the molecule is C[C@@H]1C[C@H](C)CN(CCCNC(=O)[C@@H](C)NC(=O)c2ccco2)C1. The summed E-state index contributed by atoms with van der Waals surface area (Å²) in [7, 11) is 0. The summed E-state index contributed by atoms with van der Waals surface area (Å²) in [5.41, 5.74) is 0. The average Bonchev–Trinajstić information content (AvgIpc) is 3.04. The first-order valence-corrected chi connectivity index (χ1v) is 8.80. The Balaban J connectivity index is 1.63. The molecule has 6 nitrogen and oxygen atoms in total. The van der Waals surface area contributed by atoms with Crippen LogP contribution in [0.5, 0.6) is 0 Å². The van der Waals surface area contributed by atoms with Gasteiger partial charge < -0.3 is 20.0 Å². The van der Waals surface area contributed by atoms with Gasteiger partial charge in [0.2, 0.25) is 5.91 Å². The number of nitrogens with one attached hydrogen (secondary N) is 2. The van der Waals surface area contributed by atoms with Gasteiger partial charge in [-0.3, -0.25) is 9.59 Å². The molecule has 1 fully saturated rings. The second kappa shape index (κ2) is 8.87. The summed E-state index contributed by atoms with van der Waals surface area (Å²) < 4.78 is 5.01. The lowest BCUT2D eigenvalue weighted by atomic mass is 9.92. The Labute approximate surface area is 144 Å². The number of likely N-dealkylation sites (tertiary alicyclic amines) is 1. The Bertz CT molecular complexity index is 520. The zero-order chi connectivity index (χ0) is 17.5. The number of piperidine rings is 1. The highest BCUT2D eigenvalue weighted by Gasteiger charge is 2.21. The Morgan fingerprint density at radius 3 is 2.67 bits per heavy atom. The van der Waals surface area contributed by atoms with Crippen molar-refractivity contribution in [1.29, 1.82) is 0 Å². The Kier molecular flexibility index (Phi) is 6.85. The van der Waals surface area contributed by atoms with E-state index in [1.165, 1.54) is 12.7 Å². The molecule has 0 aliphatic carbocycles. The Morgan fingerprint density at radius 1 is 1.33 bits per heavy atom. The van der Waals surface area contributed by atoms with E-state index in [0.29, 0.717) is 6.54 Å². The normalized spacial score (nSPS) is 22.8. The molecular weight excluding hydrogens is 306 g/mol. The maximum Gasteiger partial charge on any atom is 0.287 e. The lowest BCUT2D eigenvalue weighted by molar-refractivity contribution is -0.122. The van der Waals surface area contributed by atoms with Gasteiger partial charge in [0.1, 0.15) is 6.04 Å². The number of rotatable bonds is 7. The van der Waals surface area contributed by atoms with Crippen molar-refractivity contribution in [2.75, 3.05) is 26.2 Å². The van der Waals surface area contributed by atoms with Crippen molar-refractivity contribution in [3.8, 4) is 0 Å². The third-order valence-electron chi connectivity index (χ3n) is 4.38. The molecule has 2 amide bonds. The second-order valence-corrected chi connectivity index (χ2v) is 7.02. The molecule has 1 aromatic rings. The van der Waals surface area contributed by atoms with Crippen LogP contribution < -0.4 is 10.6 Å². The highest BCUT2D eigenvalue weighted by molar-refractivity contribution is 5.95. The average molecular weight is 335 g/mol. The molecule has 2 N–H and O–H groups in total. The van der Waals surface area contributed by atoms with Crippen LogP contribution in [0, 0.1) is 11.8 Å². The van der Waals surface area contributed by atoms with Crippen LogP contribution in [-0.2, 0) is 4.79 Å². The van der Waals surface area contributed by atoms with Gasteiger partial charge in [0.05, 0.1) is 6.26 Å². The summed E-state index contributed by atoms with van der Waals surface area (Å²) >= 11 is 0. The van der Waals surface area contributed by atoms with Crippen molar-refractivity contribution in [2.24, 2.45) is 11.8 Å². The number of amides is 2. The minimum atomic E-state index is -0.586. The molecular formula is C18H29N3O3. The Hall–Kier alpha value is -1.82. The summed E-state index contributed by atoms with van der Waals surface area (Å²) in [4.78, 5) is 26.3. The number of nitrogens with zero attached hydrogens (tertiary/aromatic N) is 1. The summed E-state index contributed by atoms with van der Waals surface area (Å²) in [5.74, 6) is 1.16. The fourth-order valence-corrected chi connectivity index (χ4v) is 3.38. The fourth-order valence-electron chi connectivity index (χ4n) is 3.38. The van der Waals surface area contributed by atoms with Gasteiger partial charge in [-0.1, -0.05) is 13.8 Å². The molecule has 24 heavy (non-hydrogen) atoms. The first kappa shape index (κ1) is 18.5. The quantitative estimate of drug-likeness (QED) is 0.746. The number of hydrogen-bond donors (Lipinski definition) is 2. The predicted molar refractivity (Wildman–Crippen MR) is 92.6 cm³/mol. The molecule has 0 spiro atoms. The highest BCUT2D eigenvalue weighted by atomic mass is 16.3. The Morgan fingerprint density at radius 2 is 2.04 bits per heavy atom. The van der Waals surface area contributed by atoms with Gasteiger partial charge in [0, 0.05) is 19.6 Å². The van der Waals surface area contributed by atoms with Crippen molar-refractivity contribution in [3.05, 3.63) is 24.2 Å². The summed E-state index contributed by atoms with van der Waals surface area (Å²) in [5, 5.41) is 5.51. The van der Waals surface area contributed by atoms with Gasteiger partial charge in [0.25, 0.3) is 5.91 Å². The van der Waals surface area contributed by atoms with E-state index in [4.69, 9.17) is 4.42 Å². The lowest BCUT2D eigenvalue weighted by Gasteiger charge is -2.34. The number of carbonyl (C=O) groups excluding carboxylic acids is 2. The minimum absolute atomic E-state index is 0.171. The van der Waals surface area contributed by atoms with Crippen molar-refractivity contribution < 1.29 is 14.0 Å². The molecule has 0 saturated carbocycles. The van der Waals surface area contributed by atoms with Crippen LogP contribution in [-0.4, -0.2) is 48.9 Å². The number of carbonyl (C=O) groups is 2. The van der Waals surface area contributed by atoms with Crippen molar-refractivity contribution in [3.63, 3.8) is 0 Å². The summed E-state index contributed by atoms with van der Waals surface area (Å²) in [6.07, 6.45) is 3.66. The van der Waals surface area contributed by atoms with Crippen LogP contribution in [0.25, 0.3) is 0 Å². The topological polar surface area (TPSA) is 74.6 Å². The van der Waals surface area contributed by atoms with Gasteiger partial charge in [0.15, 0.2) is 5.76 Å². The smallest absolute Gasteiger partial charge is 0.287 e. The summed E-state index contributed by atoms with van der Waals surface area (Å²) in [6, 6.07) is 2.63. The molecule has 6 heteroatoms. The molecule has 3 atom stereocenters. The van der Waals surface area contributed by atoms with Crippen LogP contribution in [0.4, 0.5) is 0 Å². The molecule has 2 rings (SSSR count). The molecule has 2 heterocycles. The van der Waals surface area contributed by atoms with E-state index in [1.807, 2.05) is 0 Å². The maximum atomic E-state index is 12.0. The van der Waals surface area contributed by atoms with Gasteiger partial charge in [-0.2, -0.15) is 0 Å². The van der Waals surface area contributed by atoms with E-state index in [-0.39, 0.29) is 17.6 Å². The molecule has 1 aliphatic heterocycles. The molecule has 1 aliphatic rings. The van der Waals surface area contributed by atoms with Crippen LogP contribution in [0.1, 0.15) is 44.2 Å². The third-order valence-corrected chi connectivity index (χ3v) is 4.38. The predicted octanol–water partition coefficient (Wildman–Crippen LogP) is 1.88.